The fourth-order valence-corrected chi connectivity index (χ4v) is 4.38. The number of cyclic esters (lactones) is 1. The van der Waals surface area contributed by atoms with Gasteiger partial charge in [0.15, 0.2) is 6.10 Å². The Morgan fingerprint density at radius 1 is 1.09 bits per heavy atom. The maximum absolute atomic E-state index is 13.1. The molecule has 34 heavy (non-hydrogen) atoms. The highest BCUT2D eigenvalue weighted by molar-refractivity contribution is 6.23. The molecule has 7 nitrogen and oxygen atoms in total. The van der Waals surface area contributed by atoms with Crippen molar-refractivity contribution in [2.75, 3.05) is 6.54 Å². The summed E-state index contributed by atoms with van der Waals surface area (Å²) in [6.45, 7) is 5.54. The molecule has 0 aromatic heterocycles. The van der Waals surface area contributed by atoms with E-state index >= 15 is 0 Å². The number of benzene rings is 2. The molecule has 0 unspecified atom stereocenters. The first kappa shape index (κ1) is 23.5. The number of ether oxygens (including phenoxy) is 2. The fourth-order valence-electron chi connectivity index (χ4n) is 4.38. The SMILES string of the molecule is CC(C)(C)OC(=O)N1CCc2ccccc2[C@H]1C(O)=C1C(=O)O[C@H](CCc2ccccc2)C1=O. The molecule has 4 rings (SSSR count). The molecule has 0 bridgehead atoms. The fraction of sp³-hybridized carbons (Fsp3) is 0.370. The van der Waals surface area contributed by atoms with Crippen LogP contribution >= 0.6 is 0 Å². The number of aliphatic hydroxyl groups is 1. The summed E-state index contributed by atoms with van der Waals surface area (Å²) in [7, 11) is 0. The van der Waals surface area contributed by atoms with E-state index in [9.17, 15) is 19.5 Å². The first-order chi connectivity index (χ1) is 16.2. The number of hydrogen-bond acceptors (Lipinski definition) is 6. The largest absolute Gasteiger partial charge is 0.509 e. The molecule has 2 aliphatic heterocycles. The second kappa shape index (κ2) is 9.33. The van der Waals surface area contributed by atoms with E-state index in [0.717, 1.165) is 11.1 Å². The van der Waals surface area contributed by atoms with Gasteiger partial charge >= 0.3 is 12.1 Å². The van der Waals surface area contributed by atoms with Crippen LogP contribution in [0.5, 0.6) is 0 Å². The van der Waals surface area contributed by atoms with Gasteiger partial charge in [-0.1, -0.05) is 54.6 Å². The molecule has 1 fully saturated rings. The van der Waals surface area contributed by atoms with E-state index in [1.54, 1.807) is 32.9 Å². The van der Waals surface area contributed by atoms with Crippen molar-refractivity contribution < 1.29 is 29.0 Å². The molecule has 2 aliphatic rings. The maximum Gasteiger partial charge on any atom is 0.411 e. The Morgan fingerprint density at radius 3 is 2.47 bits per heavy atom. The highest BCUT2D eigenvalue weighted by Gasteiger charge is 2.45. The summed E-state index contributed by atoms with van der Waals surface area (Å²) < 4.78 is 10.9. The lowest BCUT2D eigenvalue weighted by Crippen LogP contribution is -2.44. The molecule has 2 aromatic rings. The van der Waals surface area contributed by atoms with Gasteiger partial charge in [0.05, 0.1) is 0 Å². The van der Waals surface area contributed by atoms with Gasteiger partial charge in [0.1, 0.15) is 23.0 Å². The van der Waals surface area contributed by atoms with Crippen LogP contribution in [0.2, 0.25) is 0 Å². The number of carbonyl (C=O) groups is 3. The van der Waals surface area contributed by atoms with Crippen molar-refractivity contribution in [2.45, 2.75) is 57.8 Å². The number of esters is 1. The third-order valence-electron chi connectivity index (χ3n) is 5.96. The predicted molar refractivity (Wildman–Crippen MR) is 125 cm³/mol. The Hall–Kier alpha value is -3.61. The molecule has 1 saturated heterocycles. The number of amides is 1. The van der Waals surface area contributed by atoms with Crippen molar-refractivity contribution >= 4 is 17.8 Å². The minimum atomic E-state index is -1.01. The molecule has 1 amide bonds. The van der Waals surface area contributed by atoms with Crippen molar-refractivity contribution in [3.63, 3.8) is 0 Å². The molecular formula is C27H29NO6. The molecule has 2 heterocycles. The number of aliphatic hydroxyl groups excluding tert-OH is 1. The third-order valence-corrected chi connectivity index (χ3v) is 5.96. The van der Waals surface area contributed by atoms with Crippen LogP contribution in [0.1, 0.15) is 49.9 Å². The smallest absolute Gasteiger partial charge is 0.411 e. The lowest BCUT2D eigenvalue weighted by molar-refractivity contribution is -0.141. The van der Waals surface area contributed by atoms with E-state index in [1.807, 2.05) is 42.5 Å². The first-order valence-corrected chi connectivity index (χ1v) is 11.5. The molecule has 178 valence electrons. The molecule has 0 spiro atoms. The molecular weight excluding hydrogens is 434 g/mol. The summed E-state index contributed by atoms with van der Waals surface area (Å²) in [5.74, 6) is -1.91. The van der Waals surface area contributed by atoms with Crippen molar-refractivity contribution in [3.8, 4) is 0 Å². The highest BCUT2D eigenvalue weighted by atomic mass is 16.6. The molecule has 0 radical (unpaired) electrons. The second-order valence-corrected chi connectivity index (χ2v) is 9.57. The predicted octanol–water partition coefficient (Wildman–Crippen LogP) is 4.46. The van der Waals surface area contributed by atoms with Gasteiger partial charge in [0, 0.05) is 6.54 Å². The molecule has 2 atom stereocenters. The number of fused-ring (bicyclic) bond motifs is 1. The van der Waals surface area contributed by atoms with Gasteiger partial charge in [-0.05, 0) is 56.7 Å². The number of nitrogens with zero attached hydrogens (tertiary/aromatic N) is 1. The van der Waals surface area contributed by atoms with Crippen LogP contribution in [0, 0.1) is 0 Å². The lowest BCUT2D eigenvalue weighted by atomic mass is 9.89. The van der Waals surface area contributed by atoms with Crippen molar-refractivity contribution in [1.29, 1.82) is 0 Å². The van der Waals surface area contributed by atoms with Crippen LogP contribution < -0.4 is 0 Å². The van der Waals surface area contributed by atoms with E-state index < -0.39 is 46.9 Å². The molecule has 2 aromatic carbocycles. The highest BCUT2D eigenvalue weighted by Crippen LogP contribution is 2.38. The minimum absolute atomic E-state index is 0.272. The summed E-state index contributed by atoms with van der Waals surface area (Å²) in [5.41, 5.74) is 1.46. The summed E-state index contributed by atoms with van der Waals surface area (Å²) >= 11 is 0. The Labute approximate surface area is 199 Å². The van der Waals surface area contributed by atoms with Gasteiger partial charge in [0.25, 0.3) is 0 Å². The van der Waals surface area contributed by atoms with Crippen molar-refractivity contribution in [1.82, 2.24) is 4.90 Å². The Balaban J connectivity index is 1.66. The zero-order chi connectivity index (χ0) is 24.5. The van der Waals surface area contributed by atoms with Crippen molar-refractivity contribution in [3.05, 3.63) is 82.6 Å². The molecule has 0 saturated carbocycles. The average Bonchev–Trinajstić information content (AvgIpc) is 3.08. The zero-order valence-corrected chi connectivity index (χ0v) is 19.6. The third kappa shape index (κ3) is 4.83. The van der Waals surface area contributed by atoms with Gasteiger partial charge in [-0.2, -0.15) is 0 Å². The average molecular weight is 464 g/mol. The Morgan fingerprint density at radius 2 is 1.76 bits per heavy atom. The second-order valence-electron chi connectivity index (χ2n) is 9.57. The first-order valence-electron chi connectivity index (χ1n) is 11.5. The van der Waals surface area contributed by atoms with E-state index in [1.165, 1.54) is 4.90 Å². The molecule has 0 aliphatic carbocycles. The van der Waals surface area contributed by atoms with E-state index in [2.05, 4.69) is 0 Å². The summed E-state index contributed by atoms with van der Waals surface area (Å²) in [5, 5.41) is 11.3. The van der Waals surface area contributed by atoms with Gasteiger partial charge in [0.2, 0.25) is 5.78 Å². The van der Waals surface area contributed by atoms with Crippen molar-refractivity contribution in [2.24, 2.45) is 0 Å². The number of carbonyl (C=O) groups excluding carboxylic acids is 3. The normalized spacial score (nSPS) is 21.7. The van der Waals surface area contributed by atoms with Gasteiger partial charge in [-0.25, -0.2) is 9.59 Å². The summed E-state index contributed by atoms with van der Waals surface area (Å²) in [6.07, 6.45) is -0.179. The molecule has 1 N–H and O–H groups in total. The lowest BCUT2D eigenvalue weighted by Gasteiger charge is -2.37. The van der Waals surface area contributed by atoms with Crippen LogP contribution in [0.15, 0.2) is 65.9 Å². The standard InChI is InChI=1S/C27H29NO6/c1-27(2,3)34-26(32)28-16-15-18-11-7-8-12-19(18)22(28)24(30)21-23(29)20(33-25(21)31)14-13-17-9-5-4-6-10-17/h4-12,20,22,30H,13-16H2,1-3H3/t20-,22+/m1/s1. The van der Waals surface area contributed by atoms with E-state index in [4.69, 9.17) is 9.47 Å². The van der Waals surface area contributed by atoms with Crippen LogP contribution in [0.3, 0.4) is 0 Å². The number of aryl methyl sites for hydroxylation is 1. The minimum Gasteiger partial charge on any atom is -0.509 e. The zero-order valence-electron chi connectivity index (χ0n) is 19.6. The van der Waals surface area contributed by atoms with Gasteiger partial charge in [-0.15, -0.1) is 0 Å². The van der Waals surface area contributed by atoms with E-state index in [-0.39, 0.29) is 6.54 Å². The Bertz CT molecular complexity index is 1130. The van der Waals surface area contributed by atoms with E-state index in [0.29, 0.717) is 24.8 Å². The van der Waals surface area contributed by atoms with Gasteiger partial charge in [-0.3, -0.25) is 9.69 Å². The van der Waals surface area contributed by atoms with Crippen LogP contribution in [-0.4, -0.2) is 46.1 Å². The number of ketones is 1. The molecule has 7 heteroatoms. The number of Topliss-reactive ketones (excluding diaryl/α,β-unsaturated/α-hetero) is 1. The van der Waals surface area contributed by atoms with Crippen LogP contribution in [-0.2, 0) is 31.9 Å². The number of hydrogen-bond donors (Lipinski definition) is 1. The topological polar surface area (TPSA) is 93.1 Å². The summed E-state index contributed by atoms with van der Waals surface area (Å²) in [4.78, 5) is 40.2. The number of rotatable bonds is 4. The Kier molecular flexibility index (Phi) is 6.46. The van der Waals surface area contributed by atoms with Crippen LogP contribution in [0.25, 0.3) is 0 Å². The van der Waals surface area contributed by atoms with Gasteiger partial charge < -0.3 is 14.6 Å². The quantitative estimate of drug-likeness (QED) is 0.311. The monoisotopic (exact) mass is 463 g/mol. The van der Waals surface area contributed by atoms with Crippen LogP contribution in [0.4, 0.5) is 4.79 Å². The maximum atomic E-state index is 13.1. The summed E-state index contributed by atoms with van der Waals surface area (Å²) in [6, 6.07) is 15.9.